The van der Waals surface area contributed by atoms with E-state index in [0.29, 0.717) is 29.0 Å². The zero-order chi connectivity index (χ0) is 22.9. The van der Waals surface area contributed by atoms with E-state index >= 15 is 0 Å². The van der Waals surface area contributed by atoms with Gasteiger partial charge in [0.15, 0.2) is 9.84 Å². The Morgan fingerprint density at radius 1 is 0.938 bits per heavy atom. The first-order chi connectivity index (χ1) is 15.2. The van der Waals surface area contributed by atoms with Gasteiger partial charge in [-0.25, -0.2) is 16.8 Å². The maximum absolute atomic E-state index is 13.0. The van der Waals surface area contributed by atoms with E-state index in [1.54, 1.807) is 18.2 Å². The van der Waals surface area contributed by atoms with Crippen LogP contribution in [0.25, 0.3) is 22.2 Å². The quantitative estimate of drug-likeness (QED) is 0.423. The Hall–Kier alpha value is -3.37. The molecule has 3 aromatic carbocycles. The minimum atomic E-state index is -4.16. The van der Waals surface area contributed by atoms with Crippen LogP contribution in [0.4, 0.5) is 5.69 Å². The van der Waals surface area contributed by atoms with Crippen LogP contribution in [-0.4, -0.2) is 39.9 Å². The van der Waals surface area contributed by atoms with Crippen LogP contribution in [0.2, 0.25) is 0 Å². The van der Waals surface area contributed by atoms with Crippen LogP contribution >= 0.6 is 0 Å². The number of benzene rings is 3. The third kappa shape index (κ3) is 4.19. The number of anilines is 1. The average molecular weight is 472 g/mol. The number of sulfonamides is 1. The number of hydrogen-bond acceptors (Lipinski definition) is 6. The molecule has 4 rings (SSSR count). The van der Waals surface area contributed by atoms with Crippen molar-refractivity contribution in [1.29, 1.82) is 0 Å². The van der Waals surface area contributed by atoms with Crippen LogP contribution < -0.4 is 9.46 Å². The lowest BCUT2D eigenvalue weighted by molar-refractivity contribution is 0.341. The van der Waals surface area contributed by atoms with E-state index in [-0.39, 0.29) is 15.5 Å². The molecule has 0 saturated carbocycles. The van der Waals surface area contributed by atoms with Crippen molar-refractivity contribution in [3.63, 3.8) is 0 Å². The van der Waals surface area contributed by atoms with Gasteiger partial charge in [-0.15, -0.1) is 0 Å². The van der Waals surface area contributed by atoms with Crippen LogP contribution in [-0.2, 0) is 19.9 Å². The molecule has 0 aliphatic rings. The topological polar surface area (TPSA) is 118 Å². The van der Waals surface area contributed by atoms with Crippen molar-refractivity contribution in [1.82, 2.24) is 10.2 Å². The molecule has 0 aliphatic carbocycles. The van der Waals surface area contributed by atoms with Crippen molar-refractivity contribution in [2.24, 2.45) is 0 Å². The van der Waals surface area contributed by atoms with E-state index in [4.69, 9.17) is 4.74 Å². The van der Waals surface area contributed by atoms with E-state index in [1.807, 2.05) is 31.2 Å². The highest BCUT2D eigenvalue weighted by Gasteiger charge is 2.24. The highest BCUT2D eigenvalue weighted by molar-refractivity contribution is 7.95. The highest BCUT2D eigenvalue weighted by atomic mass is 32.2. The van der Waals surface area contributed by atoms with Crippen LogP contribution in [0.15, 0.2) is 76.5 Å². The molecular formula is C22H21N3O5S2. The lowest BCUT2D eigenvalue weighted by Crippen LogP contribution is -2.16. The fraction of sp³-hybridized carbons (Fsp3) is 0.136. The van der Waals surface area contributed by atoms with Crippen molar-refractivity contribution in [2.45, 2.75) is 16.7 Å². The molecule has 32 heavy (non-hydrogen) atoms. The Kier molecular flexibility index (Phi) is 5.66. The molecule has 1 aromatic heterocycles. The molecular weight excluding hydrogens is 450 g/mol. The number of ether oxygens (including phenoxy) is 1. The van der Waals surface area contributed by atoms with Crippen LogP contribution in [0.5, 0.6) is 5.75 Å². The second-order valence-corrected chi connectivity index (χ2v) is 10.7. The van der Waals surface area contributed by atoms with Crippen molar-refractivity contribution >= 4 is 36.5 Å². The van der Waals surface area contributed by atoms with Gasteiger partial charge in [-0.3, -0.25) is 9.82 Å². The van der Waals surface area contributed by atoms with Gasteiger partial charge in [0.1, 0.15) is 16.3 Å². The standard InChI is InChI=1S/C22H21N3O5S2/c1-3-30-19-9-5-4-8-16(19)22-17-14-15(12-13-18(17)23-24-22)25-32(28,29)21-11-7-6-10-20(21)31(2,26)27/h4-14,25H,3H2,1-2H3,(H,23,24). The first kappa shape index (κ1) is 21.8. The Morgan fingerprint density at radius 3 is 2.34 bits per heavy atom. The first-order valence-corrected chi connectivity index (χ1v) is 13.1. The summed E-state index contributed by atoms with van der Waals surface area (Å²) < 4.78 is 58.3. The van der Waals surface area contributed by atoms with Gasteiger partial charge < -0.3 is 4.74 Å². The van der Waals surface area contributed by atoms with Gasteiger partial charge in [-0.05, 0) is 49.4 Å². The maximum Gasteiger partial charge on any atom is 0.263 e. The number of nitrogens with zero attached hydrogens (tertiary/aromatic N) is 1. The van der Waals surface area contributed by atoms with E-state index in [9.17, 15) is 16.8 Å². The summed E-state index contributed by atoms with van der Waals surface area (Å²) in [6.45, 7) is 2.38. The lowest BCUT2D eigenvalue weighted by atomic mass is 10.1. The molecule has 4 aromatic rings. The molecule has 0 saturated heterocycles. The third-order valence-electron chi connectivity index (χ3n) is 4.80. The number of hydrogen-bond donors (Lipinski definition) is 2. The van der Waals surface area contributed by atoms with Gasteiger partial charge in [0.05, 0.1) is 17.0 Å². The summed E-state index contributed by atoms with van der Waals surface area (Å²) in [6.07, 6.45) is 0.973. The summed E-state index contributed by atoms with van der Waals surface area (Å²) >= 11 is 0. The Balaban J connectivity index is 1.78. The SMILES string of the molecule is CCOc1ccccc1-c1n[nH]c2ccc(NS(=O)(=O)c3ccccc3S(C)(=O)=O)cc12. The molecule has 0 bridgehead atoms. The lowest BCUT2D eigenvalue weighted by Gasteiger charge is -2.12. The highest BCUT2D eigenvalue weighted by Crippen LogP contribution is 2.35. The van der Waals surface area contributed by atoms with Crippen molar-refractivity contribution < 1.29 is 21.6 Å². The Morgan fingerprint density at radius 2 is 1.62 bits per heavy atom. The van der Waals surface area contributed by atoms with Crippen molar-refractivity contribution in [3.05, 3.63) is 66.7 Å². The molecule has 1 heterocycles. The first-order valence-electron chi connectivity index (χ1n) is 9.73. The number of para-hydroxylation sites is 1. The second kappa shape index (κ2) is 8.29. The van der Waals surface area contributed by atoms with E-state index < -0.39 is 19.9 Å². The minimum absolute atomic E-state index is 0.261. The average Bonchev–Trinajstić information content (AvgIpc) is 3.16. The summed E-state index contributed by atoms with van der Waals surface area (Å²) in [5.74, 6) is 0.663. The van der Waals surface area contributed by atoms with Gasteiger partial charge in [-0.2, -0.15) is 5.10 Å². The summed E-state index contributed by atoms with van der Waals surface area (Å²) in [4.78, 5) is -0.570. The number of sulfone groups is 1. The number of aromatic nitrogens is 2. The summed E-state index contributed by atoms with van der Waals surface area (Å²) in [6, 6.07) is 17.9. The van der Waals surface area contributed by atoms with E-state index in [2.05, 4.69) is 14.9 Å². The summed E-state index contributed by atoms with van der Waals surface area (Å²) in [5.41, 5.74) is 2.37. The predicted octanol–water partition coefficient (Wildman–Crippen LogP) is 3.83. The molecule has 0 aliphatic heterocycles. The summed E-state index contributed by atoms with van der Waals surface area (Å²) in [7, 11) is -7.89. The number of rotatable bonds is 7. The zero-order valence-corrected chi connectivity index (χ0v) is 19.0. The minimum Gasteiger partial charge on any atom is -0.493 e. The molecule has 0 radical (unpaired) electrons. The predicted molar refractivity (Wildman–Crippen MR) is 123 cm³/mol. The maximum atomic E-state index is 13.0. The number of H-pyrrole nitrogens is 1. The van der Waals surface area contributed by atoms with Crippen LogP contribution in [0.3, 0.4) is 0 Å². The normalized spacial score (nSPS) is 12.1. The van der Waals surface area contributed by atoms with E-state index in [1.165, 1.54) is 24.3 Å². The fourth-order valence-electron chi connectivity index (χ4n) is 3.42. The van der Waals surface area contributed by atoms with Crippen molar-refractivity contribution in [3.8, 4) is 17.0 Å². The monoisotopic (exact) mass is 471 g/mol. The Bertz CT molecular complexity index is 1510. The van der Waals surface area contributed by atoms with Gasteiger partial charge >= 0.3 is 0 Å². The Labute approximate surface area is 186 Å². The van der Waals surface area contributed by atoms with Gasteiger partial charge in [0.25, 0.3) is 10.0 Å². The van der Waals surface area contributed by atoms with Gasteiger partial charge in [0.2, 0.25) is 0 Å². The molecule has 0 fully saturated rings. The van der Waals surface area contributed by atoms with E-state index in [0.717, 1.165) is 11.8 Å². The largest absolute Gasteiger partial charge is 0.493 e. The summed E-state index contributed by atoms with van der Waals surface area (Å²) in [5, 5.41) is 8.02. The molecule has 0 unspecified atom stereocenters. The van der Waals surface area contributed by atoms with Crippen LogP contribution in [0, 0.1) is 0 Å². The number of fused-ring (bicyclic) bond motifs is 1. The van der Waals surface area contributed by atoms with Gasteiger partial charge in [0, 0.05) is 22.9 Å². The second-order valence-electron chi connectivity index (χ2n) is 7.09. The molecule has 0 spiro atoms. The molecule has 0 amide bonds. The molecule has 10 heteroatoms. The molecule has 8 nitrogen and oxygen atoms in total. The number of nitrogens with one attached hydrogen (secondary N) is 2. The molecule has 0 atom stereocenters. The van der Waals surface area contributed by atoms with Gasteiger partial charge in [-0.1, -0.05) is 24.3 Å². The smallest absolute Gasteiger partial charge is 0.263 e. The molecule has 2 N–H and O–H groups in total. The fourth-order valence-corrected chi connectivity index (χ4v) is 6.10. The number of aromatic amines is 1. The van der Waals surface area contributed by atoms with Crippen LogP contribution in [0.1, 0.15) is 6.92 Å². The molecule has 166 valence electrons. The van der Waals surface area contributed by atoms with Crippen molar-refractivity contribution in [2.75, 3.05) is 17.6 Å². The third-order valence-corrected chi connectivity index (χ3v) is 7.52. The zero-order valence-electron chi connectivity index (χ0n) is 17.4.